The molecule has 0 amide bonds. The molecule has 0 radical (unpaired) electrons. The molecule has 0 saturated carbocycles. The second-order valence-corrected chi connectivity index (χ2v) is 4.57. The summed E-state index contributed by atoms with van der Waals surface area (Å²) in [5, 5.41) is 12.9. The number of anilines is 2. The van der Waals surface area contributed by atoms with Crippen LogP contribution in [0, 0.1) is 5.92 Å². The minimum atomic E-state index is -0.179. The van der Waals surface area contributed by atoms with Gasteiger partial charge in [0, 0.05) is 25.7 Å². The third-order valence-corrected chi connectivity index (χ3v) is 3.19. The fraction of sp³-hybridized carbons (Fsp3) is 0.667. The predicted molar refractivity (Wildman–Crippen MR) is 68.2 cm³/mol. The van der Waals surface area contributed by atoms with Gasteiger partial charge in [0.25, 0.3) is 0 Å². The van der Waals surface area contributed by atoms with Crippen LogP contribution in [0.4, 0.5) is 11.6 Å². The van der Waals surface area contributed by atoms with Crippen LogP contribution in [0.2, 0.25) is 0 Å². The first-order chi connectivity index (χ1) is 8.20. The topological polar surface area (TPSA) is 61.3 Å². The van der Waals surface area contributed by atoms with E-state index in [1.54, 1.807) is 6.33 Å². The molecule has 0 bridgehead atoms. The van der Waals surface area contributed by atoms with Gasteiger partial charge in [-0.15, -0.1) is 0 Å². The largest absolute Gasteiger partial charge is 0.393 e. The van der Waals surface area contributed by atoms with Crippen LogP contribution < -0.4 is 10.2 Å². The first-order valence-corrected chi connectivity index (χ1v) is 6.19. The first-order valence-electron chi connectivity index (χ1n) is 6.19. The highest BCUT2D eigenvalue weighted by Gasteiger charge is 2.24. The quantitative estimate of drug-likeness (QED) is 0.823. The van der Waals surface area contributed by atoms with E-state index in [1.807, 2.05) is 13.0 Å². The van der Waals surface area contributed by atoms with E-state index in [2.05, 4.69) is 27.1 Å². The van der Waals surface area contributed by atoms with Crippen LogP contribution in [0.5, 0.6) is 0 Å². The zero-order valence-corrected chi connectivity index (χ0v) is 10.4. The van der Waals surface area contributed by atoms with Crippen LogP contribution in [0.15, 0.2) is 12.4 Å². The SMILES string of the molecule is CCNc1cc(N2CCC(O)C(C)C2)ncn1. The first kappa shape index (κ1) is 12.1. The third kappa shape index (κ3) is 2.85. The summed E-state index contributed by atoms with van der Waals surface area (Å²) >= 11 is 0. The Morgan fingerprint density at radius 2 is 2.35 bits per heavy atom. The number of rotatable bonds is 3. The van der Waals surface area contributed by atoms with Crippen molar-refractivity contribution in [2.45, 2.75) is 26.4 Å². The van der Waals surface area contributed by atoms with Crippen molar-refractivity contribution in [3.8, 4) is 0 Å². The highest BCUT2D eigenvalue weighted by atomic mass is 16.3. The van der Waals surface area contributed by atoms with E-state index >= 15 is 0 Å². The van der Waals surface area contributed by atoms with Crippen molar-refractivity contribution >= 4 is 11.6 Å². The van der Waals surface area contributed by atoms with E-state index in [0.717, 1.165) is 37.7 Å². The van der Waals surface area contributed by atoms with E-state index in [0.29, 0.717) is 5.92 Å². The Kier molecular flexibility index (Phi) is 3.78. The molecule has 2 rings (SSSR count). The molecule has 0 aromatic carbocycles. The molecule has 2 N–H and O–H groups in total. The second-order valence-electron chi connectivity index (χ2n) is 4.57. The molecule has 2 atom stereocenters. The maximum Gasteiger partial charge on any atom is 0.134 e. The van der Waals surface area contributed by atoms with E-state index < -0.39 is 0 Å². The van der Waals surface area contributed by atoms with Crippen LogP contribution in [-0.2, 0) is 0 Å². The molecule has 0 spiro atoms. The zero-order valence-electron chi connectivity index (χ0n) is 10.4. The number of nitrogens with one attached hydrogen (secondary N) is 1. The van der Waals surface area contributed by atoms with Crippen LogP contribution in [0.3, 0.4) is 0 Å². The molecule has 2 heterocycles. The molecule has 1 aliphatic heterocycles. The van der Waals surface area contributed by atoms with Crippen LogP contribution >= 0.6 is 0 Å². The Balaban J connectivity index is 2.09. The lowest BCUT2D eigenvalue weighted by molar-refractivity contribution is 0.0969. The van der Waals surface area contributed by atoms with Gasteiger partial charge in [-0.3, -0.25) is 0 Å². The summed E-state index contributed by atoms with van der Waals surface area (Å²) in [5.74, 6) is 2.09. The highest BCUT2D eigenvalue weighted by Crippen LogP contribution is 2.22. The molecule has 17 heavy (non-hydrogen) atoms. The molecule has 0 aliphatic carbocycles. The monoisotopic (exact) mass is 236 g/mol. The van der Waals surface area contributed by atoms with Gasteiger partial charge in [0.05, 0.1) is 6.10 Å². The number of piperidine rings is 1. The van der Waals surface area contributed by atoms with Gasteiger partial charge >= 0.3 is 0 Å². The summed E-state index contributed by atoms with van der Waals surface area (Å²) in [6, 6.07) is 1.97. The van der Waals surface area contributed by atoms with Crippen molar-refractivity contribution in [2.75, 3.05) is 29.9 Å². The van der Waals surface area contributed by atoms with Crippen molar-refractivity contribution in [3.05, 3.63) is 12.4 Å². The molecule has 5 heteroatoms. The van der Waals surface area contributed by atoms with Gasteiger partial charge in [0.15, 0.2) is 0 Å². The molecule has 94 valence electrons. The van der Waals surface area contributed by atoms with Crippen LogP contribution in [-0.4, -0.2) is 40.8 Å². The normalized spacial score (nSPS) is 24.8. The van der Waals surface area contributed by atoms with E-state index in [4.69, 9.17) is 0 Å². The Morgan fingerprint density at radius 1 is 1.53 bits per heavy atom. The minimum Gasteiger partial charge on any atom is -0.393 e. The Bertz CT molecular complexity index is 371. The summed E-state index contributed by atoms with van der Waals surface area (Å²) in [6.45, 7) is 6.67. The third-order valence-electron chi connectivity index (χ3n) is 3.19. The summed E-state index contributed by atoms with van der Waals surface area (Å²) in [4.78, 5) is 10.7. The maximum absolute atomic E-state index is 9.71. The fourth-order valence-electron chi connectivity index (χ4n) is 2.14. The van der Waals surface area contributed by atoms with Gasteiger partial charge in [-0.1, -0.05) is 6.92 Å². The van der Waals surface area contributed by atoms with Gasteiger partial charge in [-0.05, 0) is 19.3 Å². The summed E-state index contributed by atoms with van der Waals surface area (Å²) in [5.41, 5.74) is 0. The lowest BCUT2D eigenvalue weighted by Crippen LogP contribution is -2.42. The van der Waals surface area contributed by atoms with Crippen molar-refractivity contribution in [1.29, 1.82) is 0 Å². The molecular weight excluding hydrogens is 216 g/mol. The molecule has 1 fully saturated rings. The number of aromatic nitrogens is 2. The van der Waals surface area contributed by atoms with Crippen LogP contribution in [0.1, 0.15) is 20.3 Å². The number of aliphatic hydroxyl groups is 1. The molecule has 1 aliphatic rings. The number of aliphatic hydroxyl groups excluding tert-OH is 1. The Morgan fingerprint density at radius 3 is 3.06 bits per heavy atom. The molecule has 1 aromatic heterocycles. The summed E-state index contributed by atoms with van der Waals surface area (Å²) in [6.07, 6.45) is 2.21. The standard InChI is InChI=1S/C12H20N4O/c1-3-13-11-6-12(15-8-14-11)16-5-4-10(17)9(2)7-16/h6,8-10,17H,3-5,7H2,1-2H3,(H,13,14,15). The predicted octanol–water partition coefficient (Wildman–Crippen LogP) is 1.12. The Labute approximate surface area is 102 Å². The lowest BCUT2D eigenvalue weighted by atomic mass is 9.97. The molecular formula is C12H20N4O. The average Bonchev–Trinajstić information content (AvgIpc) is 2.33. The van der Waals surface area contributed by atoms with Crippen molar-refractivity contribution in [2.24, 2.45) is 5.92 Å². The summed E-state index contributed by atoms with van der Waals surface area (Å²) < 4.78 is 0. The molecule has 1 aromatic rings. The minimum absolute atomic E-state index is 0.179. The number of hydrogen-bond donors (Lipinski definition) is 2. The van der Waals surface area contributed by atoms with E-state index in [9.17, 15) is 5.11 Å². The van der Waals surface area contributed by atoms with Gasteiger partial charge < -0.3 is 15.3 Å². The van der Waals surface area contributed by atoms with Crippen molar-refractivity contribution in [3.63, 3.8) is 0 Å². The maximum atomic E-state index is 9.71. The summed E-state index contributed by atoms with van der Waals surface area (Å²) in [7, 11) is 0. The van der Waals surface area contributed by atoms with Gasteiger partial charge in [-0.25, -0.2) is 9.97 Å². The van der Waals surface area contributed by atoms with Gasteiger partial charge in [-0.2, -0.15) is 0 Å². The molecule has 5 nitrogen and oxygen atoms in total. The number of nitrogens with zero attached hydrogens (tertiary/aromatic N) is 3. The van der Waals surface area contributed by atoms with Crippen LogP contribution in [0.25, 0.3) is 0 Å². The molecule has 1 saturated heterocycles. The van der Waals surface area contributed by atoms with E-state index in [-0.39, 0.29) is 6.10 Å². The van der Waals surface area contributed by atoms with E-state index in [1.165, 1.54) is 0 Å². The second kappa shape index (κ2) is 5.31. The average molecular weight is 236 g/mol. The number of hydrogen-bond acceptors (Lipinski definition) is 5. The van der Waals surface area contributed by atoms with Gasteiger partial charge in [0.2, 0.25) is 0 Å². The lowest BCUT2D eigenvalue weighted by Gasteiger charge is -2.35. The van der Waals surface area contributed by atoms with Crippen molar-refractivity contribution in [1.82, 2.24) is 9.97 Å². The highest BCUT2D eigenvalue weighted by molar-refractivity contribution is 5.48. The van der Waals surface area contributed by atoms with Gasteiger partial charge in [0.1, 0.15) is 18.0 Å². The fourth-order valence-corrected chi connectivity index (χ4v) is 2.14. The Hall–Kier alpha value is -1.36. The van der Waals surface area contributed by atoms with Crippen molar-refractivity contribution < 1.29 is 5.11 Å². The zero-order chi connectivity index (χ0) is 12.3. The smallest absolute Gasteiger partial charge is 0.134 e. The molecule has 2 unspecified atom stereocenters.